The van der Waals surface area contributed by atoms with E-state index < -0.39 is 5.82 Å². The van der Waals surface area contributed by atoms with Crippen LogP contribution in [0.5, 0.6) is 0 Å². The summed E-state index contributed by atoms with van der Waals surface area (Å²) in [4.78, 5) is 17.2. The van der Waals surface area contributed by atoms with Gasteiger partial charge in [0.25, 0.3) is 5.91 Å². The molecule has 3 aromatic rings. The number of nitrogens with zero attached hydrogens (tertiary/aromatic N) is 4. The Bertz CT molecular complexity index is 1010. The summed E-state index contributed by atoms with van der Waals surface area (Å²) in [6.45, 7) is 1.84. The summed E-state index contributed by atoms with van der Waals surface area (Å²) in [5, 5.41) is 10.9. The van der Waals surface area contributed by atoms with E-state index in [0.29, 0.717) is 27.7 Å². The van der Waals surface area contributed by atoms with Gasteiger partial charge in [0.15, 0.2) is 5.69 Å². The Labute approximate surface area is 151 Å². The standard InChI is InChI=1S/C16H11ClFN5OS/c1-8-6-9(4-5-19-8)20-16(24)14-12-7-25-15-11(23(12)22-21-14)3-2-10(18)13(15)17/h2-6H,7H2,1H3,(H,19,20,24). The van der Waals surface area contributed by atoms with Crippen molar-refractivity contribution in [2.75, 3.05) is 5.32 Å². The zero-order valence-electron chi connectivity index (χ0n) is 13.0. The van der Waals surface area contributed by atoms with Crippen LogP contribution in [0.1, 0.15) is 21.9 Å². The van der Waals surface area contributed by atoms with E-state index >= 15 is 0 Å². The van der Waals surface area contributed by atoms with Gasteiger partial charge in [0.2, 0.25) is 0 Å². The van der Waals surface area contributed by atoms with Crippen LogP contribution in [0.3, 0.4) is 0 Å². The lowest BCUT2D eigenvalue weighted by Crippen LogP contribution is -2.16. The molecule has 126 valence electrons. The van der Waals surface area contributed by atoms with E-state index in [4.69, 9.17) is 11.6 Å². The number of rotatable bonds is 2. The van der Waals surface area contributed by atoms with Gasteiger partial charge >= 0.3 is 0 Å². The van der Waals surface area contributed by atoms with Crippen LogP contribution >= 0.6 is 23.4 Å². The number of hydrogen-bond acceptors (Lipinski definition) is 5. The molecule has 0 saturated heterocycles. The number of fused-ring (bicyclic) bond motifs is 3. The Hall–Kier alpha value is -2.45. The van der Waals surface area contributed by atoms with E-state index in [9.17, 15) is 9.18 Å². The minimum atomic E-state index is -0.484. The second-order valence-electron chi connectivity index (χ2n) is 5.43. The maximum Gasteiger partial charge on any atom is 0.278 e. The predicted octanol–water partition coefficient (Wildman–Crippen LogP) is 3.62. The van der Waals surface area contributed by atoms with Gasteiger partial charge in [-0.25, -0.2) is 9.07 Å². The molecule has 0 fully saturated rings. The molecule has 4 rings (SSSR count). The average molecular weight is 376 g/mol. The normalized spacial score (nSPS) is 12.4. The first kappa shape index (κ1) is 16.0. The molecule has 0 unspecified atom stereocenters. The Morgan fingerprint density at radius 2 is 2.24 bits per heavy atom. The second-order valence-corrected chi connectivity index (χ2v) is 6.80. The van der Waals surface area contributed by atoms with Gasteiger partial charge in [-0.2, -0.15) is 0 Å². The fraction of sp³-hybridized carbons (Fsp3) is 0.125. The number of carbonyl (C=O) groups is 1. The number of halogens is 2. The molecule has 0 saturated carbocycles. The lowest BCUT2D eigenvalue weighted by atomic mass is 10.2. The molecule has 3 heterocycles. The minimum absolute atomic E-state index is 0.0573. The Morgan fingerprint density at radius 1 is 1.40 bits per heavy atom. The van der Waals surface area contributed by atoms with Crippen molar-refractivity contribution in [1.29, 1.82) is 0 Å². The summed E-state index contributed by atoms with van der Waals surface area (Å²) in [6.07, 6.45) is 1.62. The maximum atomic E-state index is 13.6. The molecule has 25 heavy (non-hydrogen) atoms. The van der Waals surface area contributed by atoms with Crippen LogP contribution in [-0.4, -0.2) is 25.9 Å². The number of carbonyl (C=O) groups excluding carboxylic acids is 1. The first-order valence-corrected chi connectivity index (χ1v) is 8.70. The number of aryl methyl sites for hydroxylation is 1. The Balaban J connectivity index is 1.69. The highest BCUT2D eigenvalue weighted by molar-refractivity contribution is 7.98. The molecule has 0 radical (unpaired) electrons. The lowest BCUT2D eigenvalue weighted by molar-refractivity contribution is 0.102. The van der Waals surface area contributed by atoms with Gasteiger partial charge in [0, 0.05) is 23.3 Å². The molecular formula is C16H11ClFN5OS. The van der Waals surface area contributed by atoms with Gasteiger partial charge in [-0.15, -0.1) is 16.9 Å². The van der Waals surface area contributed by atoms with Gasteiger partial charge in [0.05, 0.1) is 21.3 Å². The number of hydrogen-bond donors (Lipinski definition) is 1. The number of anilines is 1. The number of benzene rings is 1. The zero-order valence-corrected chi connectivity index (χ0v) is 14.5. The number of amides is 1. The third-order valence-corrected chi connectivity index (χ3v) is 5.34. The van der Waals surface area contributed by atoms with Crippen molar-refractivity contribution < 1.29 is 9.18 Å². The molecule has 0 bridgehead atoms. The zero-order chi connectivity index (χ0) is 17.6. The molecule has 1 aliphatic heterocycles. The first-order chi connectivity index (χ1) is 12.0. The van der Waals surface area contributed by atoms with Crippen LogP contribution in [0.15, 0.2) is 35.4 Å². The summed E-state index contributed by atoms with van der Waals surface area (Å²) in [5.74, 6) is -0.423. The Morgan fingerprint density at radius 3 is 3.04 bits per heavy atom. The van der Waals surface area contributed by atoms with Crippen molar-refractivity contribution in [3.05, 3.63) is 58.4 Å². The van der Waals surface area contributed by atoms with Gasteiger partial charge in [-0.05, 0) is 31.2 Å². The largest absolute Gasteiger partial charge is 0.320 e. The maximum absolute atomic E-state index is 13.6. The molecule has 0 spiro atoms. The smallest absolute Gasteiger partial charge is 0.278 e. The summed E-state index contributed by atoms with van der Waals surface area (Å²) < 4.78 is 15.2. The van der Waals surface area contributed by atoms with Crippen LogP contribution < -0.4 is 5.32 Å². The van der Waals surface area contributed by atoms with E-state index in [1.807, 2.05) is 6.92 Å². The molecule has 0 aliphatic carbocycles. The number of aromatic nitrogens is 4. The highest BCUT2D eigenvalue weighted by Gasteiger charge is 2.27. The predicted molar refractivity (Wildman–Crippen MR) is 92.8 cm³/mol. The van der Waals surface area contributed by atoms with E-state index in [-0.39, 0.29) is 16.6 Å². The highest BCUT2D eigenvalue weighted by atomic mass is 35.5. The summed E-state index contributed by atoms with van der Waals surface area (Å²) in [7, 11) is 0. The summed E-state index contributed by atoms with van der Waals surface area (Å²) >= 11 is 7.38. The molecule has 9 heteroatoms. The minimum Gasteiger partial charge on any atom is -0.320 e. The van der Waals surface area contributed by atoms with E-state index in [1.54, 1.807) is 24.4 Å². The number of thioether (sulfide) groups is 1. The number of nitrogens with one attached hydrogen (secondary N) is 1. The quantitative estimate of drug-likeness (QED) is 0.740. The van der Waals surface area contributed by atoms with Gasteiger partial charge < -0.3 is 5.32 Å². The molecule has 1 N–H and O–H groups in total. The van der Waals surface area contributed by atoms with Crippen molar-refractivity contribution in [3.63, 3.8) is 0 Å². The number of pyridine rings is 1. The molecule has 6 nitrogen and oxygen atoms in total. The second kappa shape index (κ2) is 6.12. The van der Waals surface area contributed by atoms with Crippen molar-refractivity contribution in [1.82, 2.24) is 20.0 Å². The summed E-state index contributed by atoms with van der Waals surface area (Å²) in [5.41, 5.74) is 2.91. The molecular weight excluding hydrogens is 365 g/mol. The van der Waals surface area contributed by atoms with Crippen LogP contribution in [0.4, 0.5) is 10.1 Å². The van der Waals surface area contributed by atoms with Crippen molar-refractivity contribution in [2.45, 2.75) is 17.6 Å². The molecule has 1 aliphatic rings. The first-order valence-electron chi connectivity index (χ1n) is 7.34. The van der Waals surface area contributed by atoms with Crippen molar-refractivity contribution >= 4 is 35.0 Å². The Kier molecular flexibility index (Phi) is 3.93. The fourth-order valence-corrected chi connectivity index (χ4v) is 3.97. The monoisotopic (exact) mass is 375 g/mol. The van der Waals surface area contributed by atoms with Crippen molar-refractivity contribution in [3.8, 4) is 5.69 Å². The van der Waals surface area contributed by atoms with Crippen molar-refractivity contribution in [2.24, 2.45) is 0 Å². The van der Waals surface area contributed by atoms with Gasteiger partial charge in [-0.1, -0.05) is 16.8 Å². The lowest BCUT2D eigenvalue weighted by Gasteiger charge is -2.18. The molecule has 1 amide bonds. The molecule has 1 aromatic carbocycles. The van der Waals surface area contributed by atoms with Gasteiger partial charge in [0.1, 0.15) is 5.82 Å². The molecule has 0 atom stereocenters. The SMILES string of the molecule is Cc1cc(NC(=O)c2nnn3c2CSc2c-3ccc(F)c2Cl)ccn1. The molecule has 2 aromatic heterocycles. The highest BCUT2D eigenvalue weighted by Crippen LogP contribution is 2.41. The van der Waals surface area contributed by atoms with E-state index in [0.717, 1.165) is 5.69 Å². The third-order valence-electron chi connectivity index (χ3n) is 3.74. The van der Waals surface area contributed by atoms with Crippen LogP contribution in [0.25, 0.3) is 5.69 Å². The topological polar surface area (TPSA) is 72.7 Å². The average Bonchev–Trinajstić information content (AvgIpc) is 3.02. The van der Waals surface area contributed by atoms with E-state index in [1.165, 1.54) is 22.5 Å². The van der Waals surface area contributed by atoms with Crippen LogP contribution in [0.2, 0.25) is 5.02 Å². The third kappa shape index (κ3) is 2.77. The van der Waals surface area contributed by atoms with Crippen LogP contribution in [-0.2, 0) is 5.75 Å². The van der Waals surface area contributed by atoms with E-state index in [2.05, 4.69) is 20.6 Å². The van der Waals surface area contributed by atoms with Gasteiger partial charge in [-0.3, -0.25) is 9.78 Å². The summed E-state index contributed by atoms with van der Waals surface area (Å²) in [6, 6.07) is 6.32. The van der Waals surface area contributed by atoms with Crippen LogP contribution in [0, 0.1) is 12.7 Å². The fourth-order valence-electron chi connectivity index (χ4n) is 2.58.